The largest absolute Gasteiger partial charge is 0.303 e. The van der Waals surface area contributed by atoms with Crippen LogP contribution in [0.3, 0.4) is 0 Å². The molecule has 1 aromatic carbocycles. The first-order valence-corrected chi connectivity index (χ1v) is 8.54. The Hall–Kier alpha value is -0.160. The maximum atomic E-state index is 3.63. The number of rotatable bonds is 4. The quantitative estimate of drug-likeness (QED) is 0.700. The van der Waals surface area contributed by atoms with Crippen molar-refractivity contribution in [2.45, 2.75) is 32.9 Å². The number of hydrogen-bond donors (Lipinski definition) is 1. The molecule has 0 amide bonds. The van der Waals surface area contributed by atoms with E-state index in [4.69, 9.17) is 0 Å². The van der Waals surface area contributed by atoms with Crippen molar-refractivity contribution in [3.05, 3.63) is 54.6 Å². The minimum Gasteiger partial charge on any atom is -0.303 e. The number of hydrogen-bond acceptors (Lipinski definition) is 2. The van der Waals surface area contributed by atoms with Gasteiger partial charge >= 0.3 is 0 Å². The summed E-state index contributed by atoms with van der Waals surface area (Å²) in [6, 6.07) is 10.7. The minimum atomic E-state index is -0.0366. The van der Waals surface area contributed by atoms with Gasteiger partial charge in [-0.25, -0.2) is 0 Å². The molecule has 0 saturated heterocycles. The van der Waals surface area contributed by atoms with Gasteiger partial charge in [-0.2, -0.15) is 0 Å². The highest BCUT2D eigenvalue weighted by Gasteiger charge is 2.19. The smallest absolute Gasteiger partial charge is 0.0380 e. The lowest BCUT2D eigenvalue weighted by molar-refractivity contribution is 0.403. The number of halogens is 2. The van der Waals surface area contributed by atoms with Gasteiger partial charge in [0.05, 0.1) is 0 Å². The Morgan fingerprint density at radius 3 is 2.32 bits per heavy atom. The average molecular weight is 403 g/mol. The van der Waals surface area contributed by atoms with Gasteiger partial charge in [0, 0.05) is 30.8 Å². The molecule has 2 rings (SSSR count). The first-order valence-electron chi connectivity index (χ1n) is 6.14. The van der Waals surface area contributed by atoms with Crippen LogP contribution in [0.2, 0.25) is 0 Å². The second kappa shape index (κ2) is 6.08. The number of thiophene rings is 1. The van der Waals surface area contributed by atoms with Crippen molar-refractivity contribution in [1.29, 1.82) is 0 Å². The van der Waals surface area contributed by atoms with Crippen LogP contribution < -0.4 is 5.32 Å². The molecule has 0 radical (unpaired) electrons. The lowest BCUT2D eigenvalue weighted by Gasteiger charge is -2.27. The Balaban J connectivity index is 2.06. The zero-order valence-electron chi connectivity index (χ0n) is 11.3. The molecule has 1 heterocycles. The van der Waals surface area contributed by atoms with Crippen molar-refractivity contribution in [3.8, 4) is 0 Å². The summed E-state index contributed by atoms with van der Waals surface area (Å²) in [4.78, 5) is 2.69. The molecule has 0 saturated carbocycles. The van der Waals surface area contributed by atoms with Gasteiger partial charge < -0.3 is 5.32 Å². The van der Waals surface area contributed by atoms with E-state index in [1.165, 1.54) is 19.8 Å². The van der Waals surface area contributed by atoms with E-state index >= 15 is 0 Å². The van der Waals surface area contributed by atoms with E-state index in [0.29, 0.717) is 0 Å². The van der Waals surface area contributed by atoms with E-state index in [2.05, 4.69) is 88.3 Å². The van der Waals surface area contributed by atoms with Crippen molar-refractivity contribution in [1.82, 2.24) is 5.32 Å². The molecule has 0 aliphatic carbocycles. The summed E-state index contributed by atoms with van der Waals surface area (Å²) in [5.41, 5.74) is 1.26. The second-order valence-electron chi connectivity index (χ2n) is 5.10. The van der Waals surface area contributed by atoms with Crippen molar-refractivity contribution in [3.63, 3.8) is 0 Å². The van der Waals surface area contributed by atoms with Gasteiger partial charge in [-0.3, -0.25) is 0 Å². The Kier molecular flexibility index (Phi) is 4.88. The van der Waals surface area contributed by atoms with Crippen LogP contribution in [-0.2, 0) is 12.1 Å². The van der Waals surface area contributed by atoms with Crippen LogP contribution in [0.1, 0.15) is 29.2 Å². The second-order valence-corrected chi connectivity index (χ2v) is 8.21. The molecule has 2 aromatic rings. The molecule has 1 N–H and O–H groups in total. The highest BCUT2D eigenvalue weighted by Crippen LogP contribution is 2.28. The van der Waals surface area contributed by atoms with E-state index in [1.54, 1.807) is 0 Å². The molecule has 0 bridgehead atoms. The van der Waals surface area contributed by atoms with Crippen LogP contribution >= 0.6 is 43.2 Å². The first kappa shape index (κ1) is 15.2. The van der Waals surface area contributed by atoms with E-state index < -0.39 is 0 Å². The summed E-state index contributed by atoms with van der Waals surface area (Å²) in [7, 11) is 0. The van der Waals surface area contributed by atoms with Gasteiger partial charge in [-0.05, 0) is 60.5 Å². The molecule has 0 fully saturated rings. The standard InChI is InChI=1S/C15H17Br2NS/c1-10-14(17)8-13(19-10)9-18-15(2,3)11-4-6-12(16)7-5-11/h4-8,18H,9H2,1-3H3. The van der Waals surface area contributed by atoms with E-state index in [0.717, 1.165) is 11.0 Å². The Bertz CT molecular complexity index is 539. The molecule has 102 valence electrons. The van der Waals surface area contributed by atoms with Crippen molar-refractivity contribution in [2.75, 3.05) is 0 Å². The zero-order valence-corrected chi connectivity index (χ0v) is 15.2. The van der Waals surface area contributed by atoms with Crippen LogP contribution in [-0.4, -0.2) is 0 Å². The molecular formula is C15H17Br2NS. The van der Waals surface area contributed by atoms with Gasteiger partial charge in [0.2, 0.25) is 0 Å². The molecule has 19 heavy (non-hydrogen) atoms. The Morgan fingerprint density at radius 2 is 1.79 bits per heavy atom. The van der Waals surface area contributed by atoms with E-state index in [9.17, 15) is 0 Å². The summed E-state index contributed by atoms with van der Waals surface area (Å²) in [6.07, 6.45) is 0. The van der Waals surface area contributed by atoms with E-state index in [1.807, 2.05) is 11.3 Å². The summed E-state index contributed by atoms with van der Waals surface area (Å²) < 4.78 is 2.32. The lowest BCUT2D eigenvalue weighted by Crippen LogP contribution is -2.35. The van der Waals surface area contributed by atoms with Gasteiger partial charge in [0.15, 0.2) is 0 Å². The maximum Gasteiger partial charge on any atom is 0.0380 e. The van der Waals surface area contributed by atoms with Crippen LogP contribution in [0.5, 0.6) is 0 Å². The average Bonchev–Trinajstić information content (AvgIpc) is 2.67. The summed E-state index contributed by atoms with van der Waals surface area (Å²) >= 11 is 8.88. The van der Waals surface area contributed by atoms with Crippen molar-refractivity contribution < 1.29 is 0 Å². The molecule has 1 aromatic heterocycles. The number of benzene rings is 1. The summed E-state index contributed by atoms with van der Waals surface area (Å²) in [6.45, 7) is 7.45. The molecule has 0 unspecified atom stereocenters. The summed E-state index contributed by atoms with van der Waals surface area (Å²) in [5.74, 6) is 0. The van der Waals surface area contributed by atoms with Crippen molar-refractivity contribution >= 4 is 43.2 Å². The van der Waals surface area contributed by atoms with Gasteiger partial charge in [0.1, 0.15) is 0 Å². The van der Waals surface area contributed by atoms with E-state index in [-0.39, 0.29) is 5.54 Å². The lowest BCUT2D eigenvalue weighted by atomic mass is 9.94. The highest BCUT2D eigenvalue weighted by molar-refractivity contribution is 9.10. The highest BCUT2D eigenvalue weighted by atomic mass is 79.9. The molecule has 0 aliphatic rings. The third-order valence-corrected chi connectivity index (χ3v) is 5.84. The van der Waals surface area contributed by atoms with Crippen LogP contribution in [0.15, 0.2) is 39.3 Å². The minimum absolute atomic E-state index is 0.0366. The Morgan fingerprint density at radius 1 is 1.16 bits per heavy atom. The van der Waals surface area contributed by atoms with Crippen LogP contribution in [0, 0.1) is 6.92 Å². The van der Waals surface area contributed by atoms with Crippen LogP contribution in [0.25, 0.3) is 0 Å². The van der Waals surface area contributed by atoms with Gasteiger partial charge in [-0.15, -0.1) is 11.3 Å². The fourth-order valence-corrected chi connectivity index (χ4v) is 3.69. The molecule has 0 aliphatic heterocycles. The summed E-state index contributed by atoms with van der Waals surface area (Å²) in [5, 5.41) is 3.63. The van der Waals surface area contributed by atoms with Gasteiger partial charge in [-0.1, -0.05) is 28.1 Å². The number of aryl methyl sites for hydroxylation is 1. The molecule has 4 heteroatoms. The predicted molar refractivity (Wildman–Crippen MR) is 90.8 cm³/mol. The zero-order chi connectivity index (χ0) is 14.0. The number of nitrogens with one attached hydrogen (secondary N) is 1. The topological polar surface area (TPSA) is 12.0 Å². The SMILES string of the molecule is Cc1sc(CNC(C)(C)c2ccc(Br)cc2)cc1Br. The third kappa shape index (κ3) is 3.91. The fourth-order valence-electron chi connectivity index (χ4n) is 1.88. The monoisotopic (exact) mass is 401 g/mol. The fraction of sp³-hybridized carbons (Fsp3) is 0.333. The van der Waals surface area contributed by atoms with Crippen LogP contribution in [0.4, 0.5) is 0 Å². The molecular weight excluding hydrogens is 386 g/mol. The molecule has 1 nitrogen and oxygen atoms in total. The molecule has 0 atom stereocenters. The maximum absolute atomic E-state index is 3.63. The Labute approximate surface area is 135 Å². The first-order chi connectivity index (χ1) is 8.88. The van der Waals surface area contributed by atoms with Gasteiger partial charge in [0.25, 0.3) is 0 Å². The third-order valence-electron chi connectivity index (χ3n) is 3.18. The predicted octanol–water partition coefficient (Wildman–Crippen LogP) is 5.61. The molecule has 0 spiro atoms. The van der Waals surface area contributed by atoms with Crippen molar-refractivity contribution in [2.24, 2.45) is 0 Å². The normalized spacial score (nSPS) is 11.8.